The molecule has 7 fully saturated rings. The van der Waals surface area contributed by atoms with Crippen molar-refractivity contribution in [1.29, 1.82) is 0 Å². The lowest BCUT2D eigenvalue weighted by Gasteiger charge is -2.50. The average molecular weight is 1280 g/mol. The summed E-state index contributed by atoms with van der Waals surface area (Å²) in [7, 11) is -4.99. The smallest absolute Gasteiger partial charge is 0.298 e. The van der Waals surface area contributed by atoms with Gasteiger partial charge in [-0.15, -0.1) is 0 Å². The summed E-state index contributed by atoms with van der Waals surface area (Å²) in [5, 5.41) is 201. The van der Waals surface area contributed by atoms with E-state index < -0.39 is 259 Å². The molecule has 0 aliphatic carbocycles. The molecule has 0 aromatic heterocycles. The molecule has 1 aromatic rings. The Morgan fingerprint density at radius 2 is 0.632 bits per heavy atom. The second kappa shape index (κ2) is 28.8. The van der Waals surface area contributed by atoms with Crippen LogP contribution in [0, 0.1) is 20.8 Å². The topological polar surface area (TPSA) is 537 Å². The summed E-state index contributed by atoms with van der Waals surface area (Å²) in [5.41, 5.74) is 1.08. The summed E-state index contributed by atoms with van der Waals surface area (Å²) in [5.74, 6) is 0. The van der Waals surface area contributed by atoms with Crippen LogP contribution in [0.25, 0.3) is 0 Å². The van der Waals surface area contributed by atoms with Crippen molar-refractivity contribution in [1.82, 2.24) is 0 Å². The van der Waals surface area contributed by atoms with E-state index in [1.165, 1.54) is 32.1 Å². The maximum atomic E-state index is 14.4. The van der Waals surface area contributed by atoms with E-state index in [2.05, 4.69) is 0 Å². The zero-order valence-corrected chi connectivity index (χ0v) is 47.5. The highest BCUT2D eigenvalue weighted by Crippen LogP contribution is 2.40. The first-order valence-corrected chi connectivity index (χ1v) is 29.3. The Morgan fingerprint density at radius 3 is 0.954 bits per heavy atom. The van der Waals surface area contributed by atoms with Crippen molar-refractivity contribution in [3.8, 4) is 0 Å². The molecular formula is C51H78O35S. The molecule has 33 atom stereocenters. The van der Waals surface area contributed by atoms with E-state index in [0.29, 0.717) is 5.56 Å². The Bertz CT molecular complexity index is 2510. The fraction of sp³-hybridized carbons (Fsp3) is 0.843. The van der Waals surface area contributed by atoms with Crippen LogP contribution in [0.5, 0.6) is 0 Å². The zero-order valence-electron chi connectivity index (χ0n) is 46.7. The van der Waals surface area contributed by atoms with E-state index >= 15 is 0 Å². The lowest BCUT2D eigenvalue weighted by molar-refractivity contribution is -0.396. The van der Waals surface area contributed by atoms with Crippen molar-refractivity contribution >= 4 is 10.1 Å². The van der Waals surface area contributed by atoms with Crippen LogP contribution in [0.3, 0.4) is 0 Å². The first-order chi connectivity index (χ1) is 41.3. The van der Waals surface area contributed by atoms with E-state index in [4.69, 9.17) is 70.5 Å². The minimum absolute atomic E-state index is 0.203. The molecule has 15 aliphatic heterocycles. The summed E-state index contributed by atoms with van der Waals surface area (Å²) in [4.78, 5) is -0.347. The molecule has 0 saturated carbocycles. The number of ether oxygens (including phenoxy) is 14. The summed E-state index contributed by atoms with van der Waals surface area (Å²) in [6.45, 7) is -2.51. The summed E-state index contributed by atoms with van der Waals surface area (Å²) < 4.78 is 116. The van der Waals surface area contributed by atoms with Crippen LogP contribution in [0.1, 0.15) is 16.7 Å². The lowest BCUT2D eigenvalue weighted by atomic mass is 9.95. The summed E-state index contributed by atoms with van der Waals surface area (Å²) in [6.07, 6.45) is -62.5. The van der Waals surface area contributed by atoms with Gasteiger partial charge in [0.15, 0.2) is 50.1 Å². The second-order valence-corrected chi connectivity index (χ2v) is 23.8. The second-order valence-electron chi connectivity index (χ2n) is 22.3. The van der Waals surface area contributed by atoms with Gasteiger partial charge in [0.2, 0.25) is 0 Å². The van der Waals surface area contributed by atoms with Crippen molar-refractivity contribution in [2.45, 2.75) is 228 Å². The van der Waals surface area contributed by atoms with E-state index in [0.717, 1.165) is 6.08 Å². The SMILES string of the molecule is Cc1cc(C)c(S(=O)(=O)O[C@H]2[C@H]3O[C@H]4[C@H](O)[C@@H](O)[C@@H](O[C@H]5[C@H](O)[C@@H](O)[C@@H](O[C@H]6[C@H](O)[C@@H](O)[C@@H](O[C@H]7[C@H](O)[C@@H](O)[C@@H](O[C@H]8[C@H](O)[C@@H](O)[C@@H](O[C@H]9C=C[C@@H](O[C@@H]([C@@H]2O)[C@@H](CO)O3)O[C@@H]9CO)O[C@@H]8CO)O[C@@H]7CO)O[C@@H]6CO)O[C@@H]5CO)O[C@@H]4CO)c(C)c1. The van der Waals surface area contributed by atoms with Gasteiger partial charge in [0.05, 0.1) is 51.1 Å². The molecule has 35 nitrogen and oxygen atoms in total. The maximum absolute atomic E-state index is 14.4. The Balaban J connectivity index is 1.04. The van der Waals surface area contributed by atoms with Crippen LogP contribution in [-0.2, 0) is 80.6 Å². The van der Waals surface area contributed by atoms with Crippen LogP contribution >= 0.6 is 0 Å². The number of rotatable bonds is 10. The van der Waals surface area contributed by atoms with Crippen molar-refractivity contribution in [2.24, 2.45) is 0 Å². The minimum atomic E-state index is -4.99. The molecule has 14 bridgehead atoms. The van der Waals surface area contributed by atoms with E-state index in [9.17, 15) is 100 Å². The molecule has 0 unspecified atom stereocenters. The molecule has 1 aromatic carbocycles. The molecule has 18 N–H and O–H groups in total. The first kappa shape index (κ1) is 68.9. The van der Waals surface area contributed by atoms with Gasteiger partial charge in [0.1, 0.15) is 153 Å². The molecule has 36 heteroatoms. The highest BCUT2D eigenvalue weighted by Gasteiger charge is 2.59. The van der Waals surface area contributed by atoms with Gasteiger partial charge in [-0.25, -0.2) is 0 Å². The van der Waals surface area contributed by atoms with E-state index in [-0.39, 0.29) is 16.0 Å². The quantitative estimate of drug-likeness (QED) is 0.0764. The fourth-order valence-corrected chi connectivity index (χ4v) is 13.4. The standard InChI is InChI=1S/C51H78O35S/c1-15-6-16(2)45(17(3)7-15)87(70,71)86-44-37(69)43-25(14-58)79-51(44)85-42-24(13-57)78-50(36(68)31(42)63)84-41-23(12-56)77-49(35(67)30(41)62)83-40-22(11-55)76-48(34(66)29(40)61)82-39-21(10-54)75-47(33(65)28(39)60)81-38-20(9-53)74-46(32(64)27(38)59)73-18-4-5-26(80-43)72-19(18)8-52/h4-7,18-44,46-69H,8-14H2,1-3H3/t18-,19+,20+,21+,22+,23+,24+,25+,26+,27+,28+,29+,30+,31+,32+,33+,34+,35+,36+,37-,38+,39+,40+,41+,42+,43+,44+,46-,47+,48+,49+,50+,51+/m0/s1. The highest BCUT2D eigenvalue weighted by molar-refractivity contribution is 7.86. The predicted octanol–water partition coefficient (Wildman–Crippen LogP) is -11.1. The van der Waals surface area contributed by atoms with E-state index in [1.54, 1.807) is 6.92 Å². The number of hydrogen-bond donors (Lipinski definition) is 18. The predicted molar refractivity (Wildman–Crippen MR) is 272 cm³/mol. The number of benzene rings is 1. The number of hydrogen-bond acceptors (Lipinski definition) is 35. The fourth-order valence-electron chi connectivity index (χ4n) is 11.9. The van der Waals surface area contributed by atoms with Gasteiger partial charge in [-0.2, -0.15) is 8.42 Å². The van der Waals surface area contributed by atoms with Gasteiger partial charge < -0.3 is 158 Å². The van der Waals surface area contributed by atoms with Crippen LogP contribution < -0.4 is 0 Å². The van der Waals surface area contributed by atoms with Gasteiger partial charge in [0, 0.05) is 0 Å². The Kier molecular flexibility index (Phi) is 22.9. The molecule has 15 heterocycles. The van der Waals surface area contributed by atoms with Gasteiger partial charge in [-0.1, -0.05) is 23.8 Å². The minimum Gasteiger partial charge on any atom is -0.394 e. The molecule has 7 saturated heterocycles. The highest BCUT2D eigenvalue weighted by atomic mass is 32.2. The number of aryl methyl sites for hydroxylation is 3. The average Bonchev–Trinajstić information content (AvgIpc) is 2.25. The first-order valence-electron chi connectivity index (χ1n) is 27.9. The molecule has 498 valence electrons. The molecule has 0 spiro atoms. The molecule has 15 aliphatic rings. The van der Waals surface area contributed by atoms with Crippen LogP contribution in [0.15, 0.2) is 29.2 Å². The van der Waals surface area contributed by atoms with Crippen LogP contribution in [-0.4, -0.2) is 349 Å². The molecular weight excluding hydrogens is 1200 g/mol. The van der Waals surface area contributed by atoms with Gasteiger partial charge in [-0.3, -0.25) is 4.18 Å². The molecule has 16 rings (SSSR count). The Labute approximate surface area is 495 Å². The number of fused-ring (bicyclic) bond motifs is 7. The maximum Gasteiger partial charge on any atom is 0.298 e. The molecule has 0 radical (unpaired) electrons. The third-order valence-electron chi connectivity index (χ3n) is 16.3. The Morgan fingerprint density at radius 1 is 0.345 bits per heavy atom. The van der Waals surface area contributed by atoms with Crippen molar-refractivity contribution in [2.75, 3.05) is 46.2 Å². The van der Waals surface area contributed by atoms with E-state index in [1.807, 2.05) is 0 Å². The third-order valence-corrected chi connectivity index (χ3v) is 18.0. The monoisotopic (exact) mass is 1280 g/mol. The summed E-state index contributed by atoms with van der Waals surface area (Å²) >= 11 is 0. The van der Waals surface area contributed by atoms with Gasteiger partial charge in [0.25, 0.3) is 10.1 Å². The number of aliphatic hydroxyl groups excluding tert-OH is 18. The largest absolute Gasteiger partial charge is 0.394 e. The van der Waals surface area contributed by atoms with Crippen molar-refractivity contribution in [3.63, 3.8) is 0 Å². The normalized spacial score (nSPS) is 48.6. The number of aliphatic hydroxyl groups is 18. The van der Waals surface area contributed by atoms with Gasteiger partial charge >= 0.3 is 0 Å². The lowest BCUT2D eigenvalue weighted by Crippen LogP contribution is -2.68. The molecule has 87 heavy (non-hydrogen) atoms. The third kappa shape index (κ3) is 14.0. The van der Waals surface area contributed by atoms with Crippen LogP contribution in [0.4, 0.5) is 0 Å². The van der Waals surface area contributed by atoms with Crippen molar-refractivity contribution in [3.05, 3.63) is 41.0 Å². The molecule has 0 amide bonds. The van der Waals surface area contributed by atoms with Gasteiger partial charge in [-0.05, 0) is 38.0 Å². The van der Waals surface area contributed by atoms with Crippen LogP contribution in [0.2, 0.25) is 0 Å². The summed E-state index contributed by atoms with van der Waals surface area (Å²) in [6, 6.07) is 3.07. The zero-order chi connectivity index (χ0) is 63.2. The van der Waals surface area contributed by atoms with Crippen molar-refractivity contribution < 1.29 is 171 Å². The Hall–Kier alpha value is -2.41.